The normalized spacial score (nSPS) is 26.8. The van der Waals surface area contributed by atoms with Gasteiger partial charge in [-0.3, -0.25) is 0 Å². The van der Waals surface area contributed by atoms with Crippen LogP contribution in [0.5, 0.6) is 0 Å². The molecule has 1 aliphatic rings. The zero-order chi connectivity index (χ0) is 25.7. The van der Waals surface area contributed by atoms with E-state index in [4.69, 9.17) is 13.6 Å². The Morgan fingerprint density at radius 2 is 1.55 bits per heavy atom. The van der Waals surface area contributed by atoms with E-state index in [1.807, 2.05) is 0 Å². The standard InChI is InChI=1S/C27H56O4Si2/c1-13-26(11,28)24-17-19-27(12,31-32(14-2,15-3)16-4)25(30-24)18-20-29-33(21(5)6,22(7)8)23(9)10/h13,21-25,28H,1,14-20H2,2-12H3/t24-,25-,26+,27-/m1/s1. The van der Waals surface area contributed by atoms with Gasteiger partial charge in [0.1, 0.15) is 5.60 Å². The highest BCUT2D eigenvalue weighted by molar-refractivity contribution is 6.77. The van der Waals surface area contributed by atoms with E-state index < -0.39 is 22.2 Å². The molecule has 1 N–H and O–H groups in total. The van der Waals surface area contributed by atoms with Gasteiger partial charge in [0.15, 0.2) is 16.6 Å². The minimum absolute atomic E-state index is 0.0996. The molecule has 33 heavy (non-hydrogen) atoms. The topological polar surface area (TPSA) is 47.9 Å². The quantitative estimate of drug-likeness (QED) is 0.195. The largest absolute Gasteiger partial charge is 0.416 e. The van der Waals surface area contributed by atoms with Crippen molar-refractivity contribution in [3.63, 3.8) is 0 Å². The number of aliphatic hydroxyl groups is 1. The fourth-order valence-corrected chi connectivity index (χ4v) is 15.0. The Balaban J connectivity index is 3.19. The lowest BCUT2D eigenvalue weighted by Crippen LogP contribution is -2.59. The Bertz CT molecular complexity index is 571. The molecule has 1 fully saturated rings. The summed E-state index contributed by atoms with van der Waals surface area (Å²) in [6.45, 7) is 29.4. The summed E-state index contributed by atoms with van der Waals surface area (Å²) < 4.78 is 20.7. The van der Waals surface area contributed by atoms with Gasteiger partial charge in [-0.05, 0) is 67.9 Å². The third-order valence-corrected chi connectivity index (χ3v) is 19.7. The van der Waals surface area contributed by atoms with Crippen LogP contribution in [0.2, 0.25) is 34.8 Å². The van der Waals surface area contributed by atoms with Gasteiger partial charge >= 0.3 is 0 Å². The molecule has 1 heterocycles. The van der Waals surface area contributed by atoms with E-state index in [1.165, 1.54) is 0 Å². The maximum atomic E-state index is 10.9. The minimum atomic E-state index is -1.94. The van der Waals surface area contributed by atoms with Crippen LogP contribution in [0, 0.1) is 0 Å². The molecule has 0 spiro atoms. The molecule has 0 radical (unpaired) electrons. The molecule has 0 amide bonds. The van der Waals surface area contributed by atoms with E-state index in [0.717, 1.165) is 37.4 Å². The van der Waals surface area contributed by atoms with Gasteiger partial charge in [-0.2, -0.15) is 0 Å². The Hall–Kier alpha value is 0.0138. The molecule has 1 rings (SSSR count). The molecule has 4 atom stereocenters. The van der Waals surface area contributed by atoms with Gasteiger partial charge < -0.3 is 18.7 Å². The monoisotopic (exact) mass is 500 g/mol. The summed E-state index contributed by atoms with van der Waals surface area (Å²) in [4.78, 5) is 0. The summed E-state index contributed by atoms with van der Waals surface area (Å²) in [5.74, 6) is 0. The van der Waals surface area contributed by atoms with Crippen molar-refractivity contribution in [1.29, 1.82) is 0 Å². The van der Waals surface area contributed by atoms with Gasteiger partial charge in [-0.1, -0.05) is 68.4 Å². The van der Waals surface area contributed by atoms with E-state index in [-0.39, 0.29) is 17.8 Å². The van der Waals surface area contributed by atoms with Gasteiger partial charge in [0.25, 0.3) is 0 Å². The van der Waals surface area contributed by atoms with Crippen LogP contribution in [-0.4, -0.2) is 51.8 Å². The molecule has 0 aromatic rings. The second kappa shape index (κ2) is 12.3. The smallest absolute Gasteiger partial charge is 0.200 e. The average Bonchev–Trinajstić information content (AvgIpc) is 2.75. The molecule has 196 valence electrons. The molecule has 0 unspecified atom stereocenters. The maximum Gasteiger partial charge on any atom is 0.200 e. The second-order valence-electron chi connectivity index (χ2n) is 11.7. The van der Waals surface area contributed by atoms with Crippen molar-refractivity contribution in [3.05, 3.63) is 12.7 Å². The molecule has 0 aromatic carbocycles. The lowest BCUT2D eigenvalue weighted by atomic mass is 9.82. The van der Waals surface area contributed by atoms with Crippen LogP contribution in [0.1, 0.15) is 95.4 Å². The van der Waals surface area contributed by atoms with Gasteiger partial charge in [-0.15, -0.1) is 6.58 Å². The van der Waals surface area contributed by atoms with Crippen LogP contribution in [0.15, 0.2) is 12.7 Å². The number of hydrogen-bond donors (Lipinski definition) is 1. The summed E-state index contributed by atoms with van der Waals surface area (Å²) >= 11 is 0. The first kappa shape index (κ1) is 31.0. The van der Waals surface area contributed by atoms with Crippen molar-refractivity contribution in [2.75, 3.05) is 6.61 Å². The third kappa shape index (κ3) is 6.82. The van der Waals surface area contributed by atoms with E-state index >= 15 is 0 Å². The van der Waals surface area contributed by atoms with Gasteiger partial charge in [0.2, 0.25) is 0 Å². The first-order valence-electron chi connectivity index (χ1n) is 13.6. The number of rotatable bonds is 14. The summed E-state index contributed by atoms with van der Waals surface area (Å²) in [6, 6.07) is 3.37. The van der Waals surface area contributed by atoms with Gasteiger partial charge in [0.05, 0.1) is 17.8 Å². The van der Waals surface area contributed by atoms with E-state index in [9.17, 15) is 5.11 Å². The molecule has 0 aromatic heterocycles. The molecule has 0 aliphatic carbocycles. The Kier molecular flexibility index (Phi) is 11.6. The molecule has 6 heteroatoms. The summed E-state index contributed by atoms with van der Waals surface area (Å²) in [5.41, 5.74) is 0.288. The molecule has 4 nitrogen and oxygen atoms in total. The van der Waals surface area contributed by atoms with Crippen LogP contribution >= 0.6 is 0 Å². The van der Waals surface area contributed by atoms with Crippen molar-refractivity contribution >= 4 is 16.6 Å². The molecule has 0 saturated carbocycles. The second-order valence-corrected chi connectivity index (χ2v) is 21.8. The summed E-state index contributed by atoms with van der Waals surface area (Å²) in [7, 11) is -3.76. The fourth-order valence-electron chi connectivity index (χ4n) is 6.34. The maximum absolute atomic E-state index is 10.9. The predicted octanol–water partition coefficient (Wildman–Crippen LogP) is 7.83. The van der Waals surface area contributed by atoms with Crippen LogP contribution < -0.4 is 0 Å². The molecular weight excluding hydrogens is 444 g/mol. The van der Waals surface area contributed by atoms with E-state index in [2.05, 4.69) is 75.8 Å². The van der Waals surface area contributed by atoms with Gasteiger partial charge in [-0.25, -0.2) is 0 Å². The lowest BCUT2D eigenvalue weighted by Gasteiger charge is -2.51. The molecule has 1 aliphatic heterocycles. The Morgan fingerprint density at radius 1 is 1.06 bits per heavy atom. The highest BCUT2D eigenvalue weighted by Crippen LogP contribution is 2.44. The highest BCUT2D eigenvalue weighted by atomic mass is 28.4. The first-order chi connectivity index (χ1) is 15.2. The highest BCUT2D eigenvalue weighted by Gasteiger charge is 2.50. The molecular formula is C27H56O4Si2. The van der Waals surface area contributed by atoms with Crippen molar-refractivity contribution in [3.8, 4) is 0 Å². The van der Waals surface area contributed by atoms with Crippen LogP contribution in [0.3, 0.4) is 0 Å². The predicted molar refractivity (Wildman–Crippen MR) is 147 cm³/mol. The van der Waals surface area contributed by atoms with Gasteiger partial charge in [0, 0.05) is 6.61 Å². The zero-order valence-electron chi connectivity index (χ0n) is 23.8. The van der Waals surface area contributed by atoms with E-state index in [0.29, 0.717) is 23.2 Å². The zero-order valence-corrected chi connectivity index (χ0v) is 25.8. The fraction of sp³-hybridized carbons (Fsp3) is 0.926. The van der Waals surface area contributed by atoms with Crippen LogP contribution in [-0.2, 0) is 13.6 Å². The van der Waals surface area contributed by atoms with E-state index in [1.54, 1.807) is 13.0 Å². The summed E-state index contributed by atoms with van der Waals surface area (Å²) in [6.07, 6.45) is 3.71. The number of ether oxygens (including phenoxy) is 1. The third-order valence-electron chi connectivity index (χ3n) is 8.80. The Labute approximate surface area is 208 Å². The minimum Gasteiger partial charge on any atom is -0.416 e. The molecule has 0 bridgehead atoms. The first-order valence-corrected chi connectivity index (χ1v) is 18.2. The Morgan fingerprint density at radius 3 is 1.94 bits per heavy atom. The molecule has 1 saturated heterocycles. The lowest BCUT2D eigenvalue weighted by molar-refractivity contribution is -0.201. The summed E-state index contributed by atoms with van der Waals surface area (Å²) in [5, 5.41) is 10.9. The number of hydrogen-bond acceptors (Lipinski definition) is 4. The van der Waals surface area contributed by atoms with Crippen molar-refractivity contribution < 1.29 is 18.7 Å². The SMILES string of the molecule is C=C[C@](C)(O)[C@H]1CC[C@@](C)(O[Si](CC)(CC)CC)[C@@H](CCO[Si](C(C)C)(C(C)C)C(C)C)O1. The average molecular weight is 501 g/mol. The van der Waals surface area contributed by atoms with Crippen LogP contribution in [0.4, 0.5) is 0 Å². The van der Waals surface area contributed by atoms with Crippen molar-refractivity contribution in [1.82, 2.24) is 0 Å². The van der Waals surface area contributed by atoms with Crippen molar-refractivity contribution in [2.24, 2.45) is 0 Å². The van der Waals surface area contributed by atoms with Crippen LogP contribution in [0.25, 0.3) is 0 Å². The van der Waals surface area contributed by atoms with Crippen molar-refractivity contribution in [2.45, 2.75) is 154 Å².